The molecule has 1 aromatic rings. The number of anilines is 2. The Kier molecular flexibility index (Phi) is 5.38. The summed E-state index contributed by atoms with van der Waals surface area (Å²) in [6.07, 6.45) is 3.29. The molecule has 28 heavy (non-hydrogen) atoms. The Bertz CT molecular complexity index is 798. The van der Waals surface area contributed by atoms with Crippen molar-refractivity contribution in [3.8, 4) is 6.07 Å². The predicted molar refractivity (Wildman–Crippen MR) is 105 cm³/mol. The first-order chi connectivity index (χ1) is 13.7. The third-order valence-corrected chi connectivity index (χ3v) is 5.35. The van der Waals surface area contributed by atoms with Crippen LogP contribution < -0.4 is 26.7 Å². The van der Waals surface area contributed by atoms with Crippen LogP contribution in [0.5, 0.6) is 0 Å². The van der Waals surface area contributed by atoms with Crippen LogP contribution in [0.1, 0.15) is 6.42 Å². The number of nitriles is 1. The molecule has 0 aromatic carbocycles. The van der Waals surface area contributed by atoms with Crippen LogP contribution in [0.2, 0.25) is 0 Å². The van der Waals surface area contributed by atoms with E-state index in [0.29, 0.717) is 31.0 Å². The number of amidine groups is 1. The highest BCUT2D eigenvalue weighted by Crippen LogP contribution is 2.27. The van der Waals surface area contributed by atoms with Crippen LogP contribution >= 0.6 is 0 Å². The fourth-order valence-electron chi connectivity index (χ4n) is 3.93. The minimum atomic E-state index is -0.584. The van der Waals surface area contributed by atoms with E-state index in [-0.39, 0.29) is 11.8 Å². The molecule has 3 aliphatic rings. The molecular formula is C18H25N9O. The van der Waals surface area contributed by atoms with Gasteiger partial charge >= 0.3 is 0 Å². The first-order valence-corrected chi connectivity index (χ1v) is 9.58. The van der Waals surface area contributed by atoms with Crippen molar-refractivity contribution in [1.82, 2.24) is 20.7 Å². The van der Waals surface area contributed by atoms with Crippen LogP contribution in [0.25, 0.3) is 0 Å². The Balaban J connectivity index is 1.51. The molecule has 10 nitrogen and oxygen atoms in total. The van der Waals surface area contributed by atoms with Gasteiger partial charge in [-0.25, -0.2) is 5.43 Å². The number of hydrogen-bond donors (Lipinski definition) is 4. The zero-order chi connectivity index (χ0) is 19.5. The summed E-state index contributed by atoms with van der Waals surface area (Å²) in [4.78, 5) is 24.0. The minimum Gasteiger partial charge on any atom is -0.367 e. The molecule has 0 saturated carbocycles. The summed E-state index contributed by atoms with van der Waals surface area (Å²) in [6.45, 7) is 4.72. The van der Waals surface area contributed by atoms with Gasteiger partial charge in [0, 0.05) is 57.8 Å². The van der Waals surface area contributed by atoms with Crippen molar-refractivity contribution in [2.45, 2.75) is 12.6 Å². The van der Waals surface area contributed by atoms with E-state index in [9.17, 15) is 4.79 Å². The molecule has 0 radical (unpaired) electrons. The second-order valence-corrected chi connectivity index (χ2v) is 7.29. The molecule has 3 unspecified atom stereocenters. The first kappa shape index (κ1) is 18.6. The molecule has 3 aliphatic heterocycles. The van der Waals surface area contributed by atoms with Crippen molar-refractivity contribution in [3.63, 3.8) is 0 Å². The number of nitrogens with zero attached hydrogens (tertiary/aromatic N) is 5. The van der Waals surface area contributed by atoms with Crippen molar-refractivity contribution in [2.75, 3.05) is 49.5 Å². The third kappa shape index (κ3) is 3.64. The van der Waals surface area contributed by atoms with Gasteiger partial charge in [-0.05, 0) is 6.07 Å². The minimum absolute atomic E-state index is 0.146. The Morgan fingerprint density at radius 3 is 3.04 bits per heavy atom. The van der Waals surface area contributed by atoms with Crippen molar-refractivity contribution >= 4 is 23.1 Å². The summed E-state index contributed by atoms with van der Waals surface area (Å²) in [5.74, 6) is 0.00295. The van der Waals surface area contributed by atoms with Crippen molar-refractivity contribution in [1.29, 1.82) is 5.26 Å². The van der Waals surface area contributed by atoms with Gasteiger partial charge in [0.1, 0.15) is 11.8 Å². The van der Waals surface area contributed by atoms with Gasteiger partial charge in [0.15, 0.2) is 0 Å². The van der Waals surface area contributed by atoms with E-state index < -0.39 is 12.1 Å². The summed E-state index contributed by atoms with van der Waals surface area (Å²) in [5.41, 5.74) is 11.0. The Morgan fingerprint density at radius 2 is 2.25 bits per heavy atom. The number of carbonyl (C=O) groups excluding carboxylic acids is 1. The van der Waals surface area contributed by atoms with Gasteiger partial charge in [0.2, 0.25) is 5.91 Å². The maximum absolute atomic E-state index is 13.1. The molecule has 3 atom stereocenters. The van der Waals surface area contributed by atoms with Crippen LogP contribution in [0, 0.1) is 23.2 Å². The SMILES string of the molecule is N#CCC1CN=C2C(C(=O)Nc3cnccc3N3CCNCC3)C(N)NN2C1. The number of nitrogens with two attached hydrogens (primary N) is 1. The Hall–Kier alpha value is -2.74. The number of piperazine rings is 1. The Morgan fingerprint density at radius 1 is 1.43 bits per heavy atom. The number of aromatic nitrogens is 1. The van der Waals surface area contributed by atoms with Crippen LogP contribution in [0.4, 0.5) is 11.4 Å². The van der Waals surface area contributed by atoms with Crippen molar-refractivity contribution < 1.29 is 4.79 Å². The molecule has 2 fully saturated rings. The maximum atomic E-state index is 13.1. The number of aliphatic imine (C=N–C) groups is 1. The van der Waals surface area contributed by atoms with Crippen molar-refractivity contribution in [3.05, 3.63) is 18.5 Å². The summed E-state index contributed by atoms with van der Waals surface area (Å²) >= 11 is 0. The molecule has 0 aliphatic carbocycles. The maximum Gasteiger partial charge on any atom is 0.238 e. The number of hydrogen-bond acceptors (Lipinski definition) is 9. The van der Waals surface area contributed by atoms with Crippen LogP contribution in [-0.4, -0.2) is 67.2 Å². The molecule has 0 bridgehead atoms. The molecule has 148 valence electrons. The molecule has 4 rings (SSSR count). The lowest BCUT2D eigenvalue weighted by Crippen LogP contribution is -2.46. The third-order valence-electron chi connectivity index (χ3n) is 5.35. The molecule has 0 spiro atoms. The van der Waals surface area contributed by atoms with Crippen LogP contribution in [-0.2, 0) is 4.79 Å². The number of nitrogens with one attached hydrogen (secondary N) is 3. The molecule has 4 heterocycles. The van der Waals surface area contributed by atoms with Gasteiger partial charge in [-0.3, -0.25) is 19.8 Å². The predicted octanol–water partition coefficient (Wildman–Crippen LogP) is -0.907. The van der Waals surface area contributed by atoms with Gasteiger partial charge in [0.05, 0.1) is 29.8 Å². The second-order valence-electron chi connectivity index (χ2n) is 7.29. The monoisotopic (exact) mass is 383 g/mol. The summed E-state index contributed by atoms with van der Waals surface area (Å²) < 4.78 is 0. The zero-order valence-corrected chi connectivity index (χ0v) is 15.6. The van der Waals surface area contributed by atoms with Gasteiger partial charge in [0.25, 0.3) is 0 Å². The van der Waals surface area contributed by atoms with E-state index in [1.807, 2.05) is 11.1 Å². The molecule has 1 amide bonds. The molecule has 10 heteroatoms. The number of pyridine rings is 1. The number of carbonyl (C=O) groups is 1. The number of hydrazine groups is 1. The van der Waals surface area contributed by atoms with Gasteiger partial charge in [-0.15, -0.1) is 0 Å². The normalized spacial score (nSPS) is 27.0. The van der Waals surface area contributed by atoms with Crippen LogP contribution in [0.3, 0.4) is 0 Å². The highest BCUT2D eigenvalue weighted by Gasteiger charge is 2.43. The van der Waals surface area contributed by atoms with E-state index in [2.05, 4.69) is 37.0 Å². The van der Waals surface area contributed by atoms with E-state index in [1.165, 1.54) is 0 Å². The zero-order valence-electron chi connectivity index (χ0n) is 15.6. The van der Waals surface area contributed by atoms with E-state index in [4.69, 9.17) is 11.0 Å². The Labute approximate surface area is 163 Å². The summed E-state index contributed by atoms with van der Waals surface area (Å²) in [6, 6.07) is 4.10. The fraction of sp³-hybridized carbons (Fsp3) is 0.556. The summed E-state index contributed by atoms with van der Waals surface area (Å²) in [5, 5.41) is 17.1. The van der Waals surface area contributed by atoms with Crippen molar-refractivity contribution in [2.24, 2.45) is 22.6 Å². The second kappa shape index (κ2) is 8.10. The quantitative estimate of drug-likeness (QED) is 0.525. The smallest absolute Gasteiger partial charge is 0.238 e. The largest absolute Gasteiger partial charge is 0.367 e. The lowest BCUT2D eigenvalue weighted by atomic mass is 10.0. The topological polar surface area (TPSA) is 135 Å². The lowest BCUT2D eigenvalue weighted by Gasteiger charge is -2.31. The van der Waals surface area contributed by atoms with Crippen LogP contribution in [0.15, 0.2) is 23.5 Å². The fourth-order valence-corrected chi connectivity index (χ4v) is 3.93. The van der Waals surface area contributed by atoms with Gasteiger partial charge in [-0.2, -0.15) is 5.26 Å². The number of amides is 1. The van der Waals surface area contributed by atoms with Gasteiger partial charge in [-0.1, -0.05) is 0 Å². The van der Waals surface area contributed by atoms with E-state index in [0.717, 1.165) is 31.9 Å². The first-order valence-electron chi connectivity index (χ1n) is 9.58. The number of fused-ring (bicyclic) bond motifs is 1. The lowest BCUT2D eigenvalue weighted by molar-refractivity contribution is -0.118. The molecular weight excluding hydrogens is 358 g/mol. The molecule has 5 N–H and O–H groups in total. The highest BCUT2D eigenvalue weighted by atomic mass is 16.2. The average Bonchev–Trinajstić information content (AvgIpc) is 3.04. The average molecular weight is 383 g/mol. The van der Waals surface area contributed by atoms with Gasteiger partial charge < -0.3 is 21.3 Å². The number of rotatable bonds is 4. The molecule has 1 aromatic heterocycles. The molecule has 2 saturated heterocycles. The summed E-state index contributed by atoms with van der Waals surface area (Å²) in [7, 11) is 0. The standard InChI is InChI=1S/C18H25N9O/c19-3-1-12-9-23-17-15(16(20)25-27(17)11-12)18(28)24-13-10-22-4-2-14(13)26-7-5-21-6-8-26/h2,4,10,12,15-16,21,25H,1,5-9,11,20H2,(H,24,28). The van der Waals surface area contributed by atoms with E-state index in [1.54, 1.807) is 12.4 Å². The van der Waals surface area contributed by atoms with E-state index >= 15 is 0 Å². The highest BCUT2D eigenvalue weighted by molar-refractivity contribution is 6.10.